The Morgan fingerprint density at radius 1 is 1.30 bits per heavy atom. The molecule has 7 heteroatoms. The minimum atomic E-state index is -0.425. The van der Waals surface area contributed by atoms with Crippen LogP contribution in [0.1, 0.15) is 26.1 Å². The Balaban J connectivity index is 0.00000242. The molecule has 0 aliphatic heterocycles. The molecule has 5 nitrogen and oxygen atoms in total. The van der Waals surface area contributed by atoms with E-state index in [0.717, 1.165) is 16.9 Å². The summed E-state index contributed by atoms with van der Waals surface area (Å²) in [4.78, 5) is 16.4. The normalized spacial score (nSPS) is 11.7. The molecular weight excluding hydrogens is 335 g/mol. The number of carbonyl (C=O) groups is 1. The largest absolute Gasteiger partial charge is 0.353 e. The smallest absolute Gasteiger partial charge is 0.236 e. The second-order valence-corrected chi connectivity index (χ2v) is 5.83. The van der Waals surface area contributed by atoms with Gasteiger partial charge in [-0.3, -0.25) is 4.79 Å². The lowest BCUT2D eigenvalue weighted by Gasteiger charge is -2.14. The topological polar surface area (TPSA) is 72.9 Å². The number of nitrogens with two attached hydrogens (primary N) is 1. The fraction of sp³-hybridized carbons (Fsp3) is 0.500. The summed E-state index contributed by atoms with van der Waals surface area (Å²) < 4.78 is 2.11. The summed E-state index contributed by atoms with van der Waals surface area (Å²) in [7, 11) is 0. The average molecular weight is 361 g/mol. The molecule has 0 spiro atoms. The fourth-order valence-corrected chi connectivity index (χ4v) is 2.52. The number of aryl methyl sites for hydroxylation is 1. The summed E-state index contributed by atoms with van der Waals surface area (Å²) in [6.07, 6.45) is 0.707. The Morgan fingerprint density at radius 2 is 1.96 bits per heavy atom. The first-order chi connectivity index (χ1) is 9.99. The van der Waals surface area contributed by atoms with E-state index in [9.17, 15) is 4.79 Å². The van der Waals surface area contributed by atoms with Crippen molar-refractivity contribution >= 4 is 41.8 Å². The van der Waals surface area contributed by atoms with Crippen LogP contribution in [-0.2, 0) is 11.3 Å². The Kier molecular flexibility index (Phi) is 9.20. The van der Waals surface area contributed by atoms with Gasteiger partial charge in [0.15, 0.2) is 0 Å². The van der Waals surface area contributed by atoms with E-state index < -0.39 is 6.04 Å². The summed E-state index contributed by atoms with van der Waals surface area (Å²) in [5.74, 6) is 1.30. The van der Waals surface area contributed by atoms with Gasteiger partial charge in [-0.05, 0) is 31.4 Å². The molecule has 130 valence electrons. The number of halogens is 2. The molecule has 0 fully saturated rings. The van der Waals surface area contributed by atoms with E-state index in [1.54, 1.807) is 0 Å². The molecular formula is C16H26Cl2N4O. The first-order valence-corrected chi connectivity index (χ1v) is 7.44. The van der Waals surface area contributed by atoms with Crippen molar-refractivity contribution in [3.63, 3.8) is 0 Å². The summed E-state index contributed by atoms with van der Waals surface area (Å²) >= 11 is 0. The first kappa shape index (κ1) is 21.7. The van der Waals surface area contributed by atoms with Crippen molar-refractivity contribution in [1.82, 2.24) is 14.9 Å². The van der Waals surface area contributed by atoms with Crippen molar-refractivity contribution < 1.29 is 4.79 Å². The summed E-state index contributed by atoms with van der Waals surface area (Å²) in [5.41, 5.74) is 7.94. The van der Waals surface area contributed by atoms with E-state index in [2.05, 4.69) is 28.7 Å². The molecule has 1 atom stereocenters. The van der Waals surface area contributed by atoms with Gasteiger partial charge >= 0.3 is 0 Å². The Morgan fingerprint density at radius 3 is 2.61 bits per heavy atom. The predicted molar refractivity (Wildman–Crippen MR) is 99.4 cm³/mol. The molecule has 2 rings (SSSR count). The Labute approximate surface area is 149 Å². The average Bonchev–Trinajstić information content (AvgIpc) is 2.74. The lowest BCUT2D eigenvalue weighted by Crippen LogP contribution is -2.42. The summed E-state index contributed by atoms with van der Waals surface area (Å²) in [5, 5.41) is 2.91. The third-order valence-electron chi connectivity index (χ3n) is 3.54. The van der Waals surface area contributed by atoms with Crippen LogP contribution in [0, 0.1) is 12.8 Å². The molecule has 1 amide bonds. The molecule has 0 saturated heterocycles. The highest BCUT2D eigenvalue weighted by Gasteiger charge is 2.14. The van der Waals surface area contributed by atoms with Gasteiger partial charge < -0.3 is 15.6 Å². The molecule has 0 aliphatic carbocycles. The molecule has 1 aromatic heterocycles. The van der Waals surface area contributed by atoms with Gasteiger partial charge in [-0.1, -0.05) is 26.0 Å². The third-order valence-corrected chi connectivity index (χ3v) is 3.54. The minimum Gasteiger partial charge on any atom is -0.353 e. The molecule has 0 saturated carbocycles. The maximum Gasteiger partial charge on any atom is 0.236 e. The number of hydrogen-bond acceptors (Lipinski definition) is 3. The molecule has 2 aromatic rings. The van der Waals surface area contributed by atoms with Crippen molar-refractivity contribution in [3.8, 4) is 0 Å². The lowest BCUT2D eigenvalue weighted by molar-refractivity contribution is -0.122. The van der Waals surface area contributed by atoms with Crippen LogP contribution < -0.4 is 11.1 Å². The van der Waals surface area contributed by atoms with Crippen LogP contribution in [0.4, 0.5) is 0 Å². The molecule has 1 aromatic carbocycles. The van der Waals surface area contributed by atoms with Crippen molar-refractivity contribution in [2.45, 2.75) is 39.8 Å². The number of para-hydroxylation sites is 2. The number of fused-ring (bicyclic) bond motifs is 1. The number of benzene rings is 1. The molecule has 0 bridgehead atoms. The van der Waals surface area contributed by atoms with Gasteiger partial charge in [-0.15, -0.1) is 24.8 Å². The van der Waals surface area contributed by atoms with E-state index in [4.69, 9.17) is 5.73 Å². The molecule has 23 heavy (non-hydrogen) atoms. The van der Waals surface area contributed by atoms with Gasteiger partial charge in [0.25, 0.3) is 0 Å². The zero-order valence-electron chi connectivity index (χ0n) is 13.8. The fourth-order valence-electron chi connectivity index (χ4n) is 2.52. The minimum absolute atomic E-state index is 0. The van der Waals surface area contributed by atoms with Gasteiger partial charge in [0.2, 0.25) is 5.91 Å². The number of aromatic nitrogens is 2. The number of amides is 1. The van der Waals surface area contributed by atoms with E-state index in [1.807, 2.05) is 31.2 Å². The summed E-state index contributed by atoms with van der Waals surface area (Å²) in [6, 6.07) is 7.59. The van der Waals surface area contributed by atoms with E-state index >= 15 is 0 Å². The maximum atomic E-state index is 11.9. The van der Waals surface area contributed by atoms with Gasteiger partial charge in [-0.2, -0.15) is 0 Å². The number of carbonyl (C=O) groups excluding carboxylic acids is 1. The van der Waals surface area contributed by atoms with Crippen LogP contribution in [0.2, 0.25) is 0 Å². The molecule has 0 aliphatic rings. The summed E-state index contributed by atoms with van der Waals surface area (Å²) in [6.45, 7) is 7.37. The van der Waals surface area contributed by atoms with E-state index in [1.165, 1.54) is 0 Å². The third kappa shape index (κ3) is 5.68. The zero-order valence-corrected chi connectivity index (χ0v) is 15.4. The second kappa shape index (κ2) is 9.75. The predicted octanol–water partition coefficient (Wildman–Crippen LogP) is 2.68. The van der Waals surface area contributed by atoms with Gasteiger partial charge in [0, 0.05) is 13.1 Å². The van der Waals surface area contributed by atoms with Crippen LogP contribution in [0.3, 0.4) is 0 Å². The number of rotatable bonds is 6. The molecule has 3 N–H and O–H groups in total. The Hall–Kier alpha value is -1.30. The van der Waals surface area contributed by atoms with Crippen LogP contribution >= 0.6 is 24.8 Å². The monoisotopic (exact) mass is 360 g/mol. The highest BCUT2D eigenvalue weighted by Crippen LogP contribution is 2.14. The standard InChI is InChI=1S/C16H24N4O.2ClH/c1-11(2)10-13(17)16(21)18-8-9-20-12(3)19-14-6-4-5-7-15(14)20;;/h4-7,11,13H,8-10,17H2,1-3H3,(H,18,21);2*1H/t13-;;/m0../s1. The quantitative estimate of drug-likeness (QED) is 0.831. The molecule has 1 heterocycles. The molecule has 0 radical (unpaired) electrons. The van der Waals surface area contributed by atoms with Gasteiger partial charge in [0.05, 0.1) is 17.1 Å². The van der Waals surface area contributed by atoms with E-state index in [-0.39, 0.29) is 30.7 Å². The maximum absolute atomic E-state index is 11.9. The van der Waals surface area contributed by atoms with Crippen LogP contribution in [0.25, 0.3) is 11.0 Å². The lowest BCUT2D eigenvalue weighted by atomic mass is 10.0. The van der Waals surface area contributed by atoms with Crippen molar-refractivity contribution in [1.29, 1.82) is 0 Å². The second-order valence-electron chi connectivity index (χ2n) is 5.83. The number of nitrogens with one attached hydrogen (secondary N) is 1. The van der Waals surface area contributed by atoms with E-state index in [0.29, 0.717) is 25.4 Å². The van der Waals surface area contributed by atoms with Gasteiger partial charge in [0.1, 0.15) is 5.82 Å². The number of hydrogen-bond donors (Lipinski definition) is 2. The number of nitrogens with zero attached hydrogens (tertiary/aromatic N) is 2. The molecule has 0 unspecified atom stereocenters. The van der Waals surface area contributed by atoms with Crippen LogP contribution in [-0.4, -0.2) is 28.0 Å². The van der Waals surface area contributed by atoms with Crippen LogP contribution in [0.5, 0.6) is 0 Å². The van der Waals surface area contributed by atoms with Crippen molar-refractivity contribution in [2.75, 3.05) is 6.54 Å². The van der Waals surface area contributed by atoms with Crippen molar-refractivity contribution in [2.24, 2.45) is 11.7 Å². The zero-order chi connectivity index (χ0) is 15.4. The highest BCUT2D eigenvalue weighted by atomic mass is 35.5. The SMILES string of the molecule is Cc1nc2ccccc2n1CCNC(=O)[C@@H](N)CC(C)C.Cl.Cl. The first-order valence-electron chi connectivity index (χ1n) is 7.44. The van der Waals surface area contributed by atoms with Crippen LogP contribution in [0.15, 0.2) is 24.3 Å². The van der Waals surface area contributed by atoms with Crippen molar-refractivity contribution in [3.05, 3.63) is 30.1 Å². The highest BCUT2D eigenvalue weighted by molar-refractivity contribution is 5.85. The number of imidazole rings is 1. The Bertz CT molecular complexity index is 628. The van der Waals surface area contributed by atoms with Gasteiger partial charge in [-0.25, -0.2) is 4.98 Å².